The van der Waals surface area contributed by atoms with Crippen molar-refractivity contribution in [3.63, 3.8) is 0 Å². The van der Waals surface area contributed by atoms with Crippen LogP contribution in [0.2, 0.25) is 0 Å². The van der Waals surface area contributed by atoms with Crippen molar-refractivity contribution in [1.82, 2.24) is 5.32 Å². The second-order valence-electron chi connectivity index (χ2n) is 6.47. The highest BCUT2D eigenvalue weighted by molar-refractivity contribution is 7.10. The van der Waals surface area contributed by atoms with Crippen molar-refractivity contribution in [1.29, 1.82) is 0 Å². The molecule has 4 rings (SSSR count). The van der Waals surface area contributed by atoms with Crippen molar-refractivity contribution in [2.24, 2.45) is 0 Å². The molecule has 0 bridgehead atoms. The summed E-state index contributed by atoms with van der Waals surface area (Å²) >= 11 is 2.98. The Morgan fingerprint density at radius 2 is 1.69 bits per heavy atom. The molecule has 2 N–H and O–H groups in total. The number of ether oxygens (including phenoxy) is 1. The van der Waals surface area contributed by atoms with E-state index in [-0.39, 0.29) is 12.5 Å². The number of para-hydroxylation sites is 1. The second kappa shape index (κ2) is 8.61. The van der Waals surface area contributed by atoms with E-state index >= 15 is 0 Å². The van der Waals surface area contributed by atoms with Crippen LogP contribution in [0.25, 0.3) is 0 Å². The van der Waals surface area contributed by atoms with Gasteiger partial charge in [0.05, 0.1) is 6.54 Å². The van der Waals surface area contributed by atoms with E-state index in [0.29, 0.717) is 11.3 Å². The lowest BCUT2D eigenvalue weighted by molar-refractivity contribution is 0.0721. The van der Waals surface area contributed by atoms with Gasteiger partial charge in [-0.15, -0.1) is 11.3 Å². The maximum Gasteiger partial charge on any atom is 0.251 e. The number of aliphatic hydroxyl groups is 1. The lowest BCUT2D eigenvalue weighted by Crippen LogP contribution is -2.40. The minimum atomic E-state index is -1.25. The molecule has 0 aliphatic heterocycles. The average molecular weight is 422 g/mol. The Kier molecular flexibility index (Phi) is 5.76. The van der Waals surface area contributed by atoms with Gasteiger partial charge >= 0.3 is 0 Å². The fraction of sp³-hybridized carbons (Fsp3) is 0.0870. The number of amides is 1. The maximum atomic E-state index is 12.6. The summed E-state index contributed by atoms with van der Waals surface area (Å²) in [6, 6.07) is 22.1. The van der Waals surface area contributed by atoms with Gasteiger partial charge in [-0.2, -0.15) is 11.3 Å². The summed E-state index contributed by atoms with van der Waals surface area (Å²) in [5, 5.41) is 19.9. The number of carbonyl (C=O) groups excluding carboxylic acids is 1. The molecule has 1 unspecified atom stereocenters. The smallest absolute Gasteiger partial charge is 0.251 e. The minimum absolute atomic E-state index is 0.0886. The van der Waals surface area contributed by atoms with Crippen LogP contribution in [0.5, 0.6) is 11.5 Å². The van der Waals surface area contributed by atoms with E-state index in [9.17, 15) is 9.90 Å². The molecule has 2 heterocycles. The third kappa shape index (κ3) is 4.40. The van der Waals surface area contributed by atoms with Gasteiger partial charge < -0.3 is 15.2 Å². The lowest BCUT2D eigenvalue weighted by atomic mass is 9.94. The van der Waals surface area contributed by atoms with Crippen molar-refractivity contribution in [2.45, 2.75) is 5.60 Å². The Bertz CT molecular complexity index is 1010. The van der Waals surface area contributed by atoms with Gasteiger partial charge in [-0.05, 0) is 64.7 Å². The molecule has 0 fully saturated rings. The maximum absolute atomic E-state index is 12.6. The molecule has 0 radical (unpaired) electrons. The molecule has 0 saturated carbocycles. The van der Waals surface area contributed by atoms with Crippen LogP contribution >= 0.6 is 22.7 Å². The fourth-order valence-corrected chi connectivity index (χ4v) is 4.52. The van der Waals surface area contributed by atoms with Crippen molar-refractivity contribution < 1.29 is 14.6 Å². The highest BCUT2D eigenvalue weighted by Gasteiger charge is 2.33. The number of rotatable bonds is 7. The van der Waals surface area contributed by atoms with Crippen molar-refractivity contribution >= 4 is 28.6 Å². The SMILES string of the molecule is O=C(NCC(O)(c1ccsc1)c1cccs1)c1ccc(Oc2ccccc2)cc1. The largest absolute Gasteiger partial charge is 0.457 e. The van der Waals surface area contributed by atoms with Crippen LogP contribution in [0.15, 0.2) is 88.9 Å². The zero-order valence-corrected chi connectivity index (χ0v) is 17.1. The van der Waals surface area contributed by atoms with E-state index < -0.39 is 5.60 Å². The summed E-state index contributed by atoms with van der Waals surface area (Å²) in [7, 11) is 0. The summed E-state index contributed by atoms with van der Waals surface area (Å²) in [6.07, 6.45) is 0. The Morgan fingerprint density at radius 3 is 2.34 bits per heavy atom. The predicted molar refractivity (Wildman–Crippen MR) is 117 cm³/mol. The molecular formula is C23H19NO3S2. The Morgan fingerprint density at radius 1 is 0.931 bits per heavy atom. The average Bonchev–Trinajstić information content (AvgIpc) is 3.48. The van der Waals surface area contributed by atoms with Crippen molar-refractivity contribution in [3.8, 4) is 11.5 Å². The summed E-state index contributed by atoms with van der Waals surface area (Å²) < 4.78 is 5.76. The van der Waals surface area contributed by atoms with Gasteiger partial charge in [-0.25, -0.2) is 0 Å². The van der Waals surface area contributed by atoms with Gasteiger partial charge in [0, 0.05) is 16.0 Å². The Hall–Kier alpha value is -2.93. The van der Waals surface area contributed by atoms with Gasteiger partial charge in [0.25, 0.3) is 5.91 Å². The number of hydrogen-bond donors (Lipinski definition) is 2. The minimum Gasteiger partial charge on any atom is -0.457 e. The van der Waals surface area contributed by atoms with E-state index in [2.05, 4.69) is 5.32 Å². The first-order valence-electron chi connectivity index (χ1n) is 9.05. The van der Waals surface area contributed by atoms with E-state index in [0.717, 1.165) is 16.2 Å². The molecule has 146 valence electrons. The zero-order chi connectivity index (χ0) is 20.1. The molecule has 1 amide bonds. The standard InChI is InChI=1S/C23H19NO3S2/c25-22(17-8-10-20(11-9-17)27-19-5-2-1-3-6-19)24-16-23(26,18-12-14-28-15-18)21-7-4-13-29-21/h1-15,26H,16H2,(H,24,25). The van der Waals surface area contributed by atoms with Crippen LogP contribution in [0.1, 0.15) is 20.8 Å². The van der Waals surface area contributed by atoms with E-state index in [4.69, 9.17) is 4.74 Å². The molecule has 0 aliphatic carbocycles. The monoisotopic (exact) mass is 421 g/mol. The van der Waals surface area contributed by atoms with E-state index in [1.807, 2.05) is 64.7 Å². The predicted octanol–water partition coefficient (Wildman–Crippen LogP) is 5.27. The van der Waals surface area contributed by atoms with Crippen molar-refractivity contribution in [3.05, 3.63) is 105 Å². The molecule has 1 atom stereocenters. The highest BCUT2D eigenvalue weighted by atomic mass is 32.1. The number of thiophene rings is 2. The van der Waals surface area contributed by atoms with Crippen molar-refractivity contribution in [2.75, 3.05) is 6.54 Å². The topological polar surface area (TPSA) is 58.6 Å². The molecule has 0 saturated heterocycles. The molecule has 4 aromatic rings. The Labute approximate surface area is 177 Å². The summed E-state index contributed by atoms with van der Waals surface area (Å²) in [6.45, 7) is 0.0886. The van der Waals surface area contributed by atoms with Crippen LogP contribution in [0.4, 0.5) is 0 Å². The molecule has 2 aromatic carbocycles. The number of nitrogens with one attached hydrogen (secondary N) is 1. The van der Waals surface area contributed by atoms with Crippen LogP contribution in [0.3, 0.4) is 0 Å². The first-order chi connectivity index (χ1) is 14.1. The number of carbonyl (C=O) groups is 1. The van der Waals surface area contributed by atoms with Gasteiger partial charge in [0.15, 0.2) is 0 Å². The fourth-order valence-electron chi connectivity index (χ4n) is 2.95. The highest BCUT2D eigenvalue weighted by Crippen LogP contribution is 2.33. The zero-order valence-electron chi connectivity index (χ0n) is 15.4. The third-order valence-electron chi connectivity index (χ3n) is 4.53. The van der Waals surface area contributed by atoms with Crippen LogP contribution in [-0.2, 0) is 5.60 Å². The molecule has 29 heavy (non-hydrogen) atoms. The number of benzene rings is 2. The normalized spacial score (nSPS) is 12.9. The molecule has 6 heteroatoms. The number of hydrogen-bond acceptors (Lipinski definition) is 5. The first-order valence-corrected chi connectivity index (χ1v) is 10.9. The van der Waals surface area contributed by atoms with Gasteiger partial charge in [-0.3, -0.25) is 4.79 Å². The first kappa shape index (κ1) is 19.4. The van der Waals surface area contributed by atoms with Gasteiger partial charge in [0.2, 0.25) is 0 Å². The molecule has 0 aliphatic rings. The molecule has 2 aromatic heterocycles. The van der Waals surface area contributed by atoms with Crippen LogP contribution in [-0.4, -0.2) is 17.6 Å². The lowest BCUT2D eigenvalue weighted by Gasteiger charge is -2.27. The Balaban J connectivity index is 1.45. The van der Waals surface area contributed by atoms with Gasteiger partial charge in [-0.1, -0.05) is 24.3 Å². The summed E-state index contributed by atoms with van der Waals surface area (Å²) in [5.41, 5.74) is 0.0290. The van der Waals surface area contributed by atoms with E-state index in [1.54, 1.807) is 24.3 Å². The molecule has 0 spiro atoms. The summed E-state index contributed by atoms with van der Waals surface area (Å²) in [4.78, 5) is 13.4. The van der Waals surface area contributed by atoms with Crippen LogP contribution in [0, 0.1) is 0 Å². The molecule has 4 nitrogen and oxygen atoms in total. The summed E-state index contributed by atoms with van der Waals surface area (Å²) in [5.74, 6) is 1.14. The third-order valence-corrected chi connectivity index (χ3v) is 6.23. The van der Waals surface area contributed by atoms with Gasteiger partial charge in [0.1, 0.15) is 17.1 Å². The quantitative estimate of drug-likeness (QED) is 0.427. The van der Waals surface area contributed by atoms with E-state index in [1.165, 1.54) is 22.7 Å². The molecular weight excluding hydrogens is 402 g/mol. The second-order valence-corrected chi connectivity index (χ2v) is 8.20. The van der Waals surface area contributed by atoms with Crippen LogP contribution < -0.4 is 10.1 Å².